The van der Waals surface area contributed by atoms with Gasteiger partial charge in [-0.1, -0.05) is 18.6 Å². The lowest BCUT2D eigenvalue weighted by Crippen LogP contribution is -2.33. The lowest BCUT2D eigenvalue weighted by atomic mass is 9.84. The molecule has 0 unspecified atom stereocenters. The summed E-state index contributed by atoms with van der Waals surface area (Å²) in [6.07, 6.45) is 3.36. The quantitative estimate of drug-likeness (QED) is 0.191. The van der Waals surface area contributed by atoms with Gasteiger partial charge in [-0.3, -0.25) is 14.5 Å². The summed E-state index contributed by atoms with van der Waals surface area (Å²) in [6, 6.07) is 19.0. The highest BCUT2D eigenvalue weighted by Crippen LogP contribution is 2.52. The van der Waals surface area contributed by atoms with Crippen LogP contribution >= 0.6 is 0 Å². The minimum Gasteiger partial charge on any atom is -0.492 e. The summed E-state index contributed by atoms with van der Waals surface area (Å²) in [5.74, 6) is 2.25. The maximum atomic E-state index is 12.7. The third-order valence-electron chi connectivity index (χ3n) is 8.68. The van der Waals surface area contributed by atoms with E-state index in [4.69, 9.17) is 23.7 Å². The Kier molecular flexibility index (Phi) is 9.07. The Balaban J connectivity index is 1.31. The van der Waals surface area contributed by atoms with Gasteiger partial charge in [0.05, 0.1) is 10.8 Å². The minimum atomic E-state index is -0.645. The Morgan fingerprint density at radius 3 is 1.94 bits per heavy atom. The average molecular weight is 640 g/mol. The topological polar surface area (TPSA) is 83.5 Å². The summed E-state index contributed by atoms with van der Waals surface area (Å²) < 4.78 is 30.5. The van der Waals surface area contributed by atoms with Crippen LogP contribution in [0.3, 0.4) is 0 Å². The standard InChI is InChI=1S/C39H45NO7/c1-38(2,3)36(41)45-27-15-17-30-32(22-27)44-24-31-29-16-14-28(46-37(42)39(4,5)6)23-33(29)47-35(34(30)31)25-10-12-26(13-11-25)43-21-20-40-18-8-7-9-19-40/h10-17,22-23,35H,7-9,18-21,24H2,1-6H3/t35-/m0/s1. The number of piperidine rings is 1. The molecule has 8 nitrogen and oxygen atoms in total. The summed E-state index contributed by atoms with van der Waals surface area (Å²) in [7, 11) is 0. The number of ether oxygens (including phenoxy) is 5. The van der Waals surface area contributed by atoms with Crippen LogP contribution < -0.4 is 23.7 Å². The molecule has 0 bridgehead atoms. The van der Waals surface area contributed by atoms with E-state index in [1.54, 1.807) is 24.3 Å². The number of hydrogen-bond donors (Lipinski definition) is 0. The molecule has 0 spiro atoms. The van der Waals surface area contributed by atoms with Crippen molar-refractivity contribution in [3.05, 3.63) is 77.4 Å². The predicted octanol–water partition coefficient (Wildman–Crippen LogP) is 7.89. The molecule has 3 aromatic rings. The van der Waals surface area contributed by atoms with E-state index in [-0.39, 0.29) is 11.9 Å². The van der Waals surface area contributed by atoms with Crippen LogP contribution in [0, 0.1) is 10.8 Å². The van der Waals surface area contributed by atoms with Crippen LogP contribution in [-0.4, -0.2) is 49.7 Å². The van der Waals surface area contributed by atoms with Crippen molar-refractivity contribution in [2.24, 2.45) is 10.8 Å². The Labute approximate surface area is 277 Å². The van der Waals surface area contributed by atoms with Crippen molar-refractivity contribution < 1.29 is 33.3 Å². The molecular formula is C39H45NO7. The largest absolute Gasteiger partial charge is 0.492 e. The van der Waals surface area contributed by atoms with Crippen LogP contribution in [0.15, 0.2) is 60.7 Å². The molecule has 3 heterocycles. The lowest BCUT2D eigenvalue weighted by molar-refractivity contribution is -0.143. The molecule has 1 saturated heterocycles. The Morgan fingerprint density at radius 2 is 1.32 bits per heavy atom. The molecule has 0 aromatic heterocycles. The second-order valence-corrected chi connectivity index (χ2v) is 14.6. The highest BCUT2D eigenvalue weighted by Gasteiger charge is 2.36. The number of esters is 2. The lowest BCUT2D eigenvalue weighted by Gasteiger charge is -2.35. The van der Waals surface area contributed by atoms with Crippen molar-refractivity contribution in [1.29, 1.82) is 0 Å². The predicted molar refractivity (Wildman–Crippen MR) is 181 cm³/mol. The maximum absolute atomic E-state index is 12.7. The molecule has 0 aliphatic carbocycles. The number of carbonyl (C=O) groups is 2. The van der Waals surface area contributed by atoms with Gasteiger partial charge < -0.3 is 23.7 Å². The van der Waals surface area contributed by atoms with E-state index in [0.717, 1.165) is 53.2 Å². The maximum Gasteiger partial charge on any atom is 0.316 e. The number of carbonyl (C=O) groups excluding carboxylic acids is 2. The van der Waals surface area contributed by atoms with Gasteiger partial charge in [0, 0.05) is 41.0 Å². The van der Waals surface area contributed by atoms with Gasteiger partial charge in [0.1, 0.15) is 42.0 Å². The molecular weight excluding hydrogens is 594 g/mol. The van der Waals surface area contributed by atoms with Crippen LogP contribution in [0.4, 0.5) is 0 Å². The first-order valence-electron chi connectivity index (χ1n) is 16.6. The molecule has 0 N–H and O–H groups in total. The summed E-state index contributed by atoms with van der Waals surface area (Å²) in [5, 5.41) is 0. The third-order valence-corrected chi connectivity index (χ3v) is 8.68. The van der Waals surface area contributed by atoms with Crippen LogP contribution in [-0.2, 0) is 9.59 Å². The number of likely N-dealkylation sites (tertiary alicyclic amines) is 1. The molecule has 8 heteroatoms. The van der Waals surface area contributed by atoms with E-state index < -0.39 is 16.9 Å². The van der Waals surface area contributed by atoms with Gasteiger partial charge in [-0.05, 0) is 109 Å². The van der Waals surface area contributed by atoms with Crippen molar-refractivity contribution in [2.75, 3.05) is 32.8 Å². The SMILES string of the molecule is CC(C)(C)C(=O)Oc1ccc2c(c1)O[C@@H](c1ccc(OCCN3CCCCC3)cc1)C1=C2COc2cc(OC(=O)C(C)(C)C)ccc21. The second kappa shape index (κ2) is 13.1. The van der Waals surface area contributed by atoms with E-state index >= 15 is 0 Å². The van der Waals surface area contributed by atoms with Crippen LogP contribution in [0.2, 0.25) is 0 Å². The van der Waals surface area contributed by atoms with E-state index in [1.807, 2.05) is 77.9 Å². The molecule has 1 atom stereocenters. The van der Waals surface area contributed by atoms with E-state index in [1.165, 1.54) is 19.3 Å². The van der Waals surface area contributed by atoms with E-state index in [0.29, 0.717) is 36.2 Å². The van der Waals surface area contributed by atoms with Crippen LogP contribution in [0.5, 0.6) is 28.7 Å². The Hall–Kier alpha value is -4.30. The number of nitrogens with zero attached hydrogens (tertiary/aromatic N) is 1. The number of rotatable bonds is 7. The first kappa shape index (κ1) is 32.6. The molecule has 1 fully saturated rings. The molecule has 3 aliphatic heterocycles. The summed E-state index contributed by atoms with van der Waals surface area (Å²) in [4.78, 5) is 27.7. The van der Waals surface area contributed by atoms with Crippen molar-refractivity contribution in [3.63, 3.8) is 0 Å². The van der Waals surface area contributed by atoms with Gasteiger partial charge in [-0.2, -0.15) is 0 Å². The minimum absolute atomic E-state index is 0.296. The van der Waals surface area contributed by atoms with Gasteiger partial charge in [-0.25, -0.2) is 0 Å². The van der Waals surface area contributed by atoms with Crippen molar-refractivity contribution in [3.8, 4) is 28.7 Å². The van der Waals surface area contributed by atoms with Gasteiger partial charge in [-0.15, -0.1) is 0 Å². The summed E-state index contributed by atoms with van der Waals surface area (Å²) in [6.45, 7) is 15.1. The molecule has 3 aliphatic rings. The number of benzene rings is 3. The molecule has 6 rings (SSSR count). The van der Waals surface area contributed by atoms with Crippen LogP contribution in [0.25, 0.3) is 11.1 Å². The third kappa shape index (κ3) is 7.33. The average Bonchev–Trinajstić information content (AvgIpc) is 3.04. The Morgan fingerprint density at radius 1 is 0.745 bits per heavy atom. The normalized spacial score (nSPS) is 17.8. The second-order valence-electron chi connectivity index (χ2n) is 14.6. The fraction of sp³-hybridized carbons (Fsp3) is 0.436. The van der Waals surface area contributed by atoms with Crippen LogP contribution in [0.1, 0.15) is 83.6 Å². The van der Waals surface area contributed by atoms with E-state index in [2.05, 4.69) is 4.90 Å². The molecule has 3 aromatic carbocycles. The van der Waals surface area contributed by atoms with Gasteiger partial charge >= 0.3 is 11.9 Å². The fourth-order valence-corrected chi connectivity index (χ4v) is 5.89. The molecule has 0 saturated carbocycles. The van der Waals surface area contributed by atoms with Crippen molar-refractivity contribution in [1.82, 2.24) is 4.90 Å². The molecule has 248 valence electrons. The zero-order valence-corrected chi connectivity index (χ0v) is 28.3. The van der Waals surface area contributed by atoms with Crippen molar-refractivity contribution in [2.45, 2.75) is 66.9 Å². The molecule has 0 radical (unpaired) electrons. The number of hydrogen-bond acceptors (Lipinski definition) is 8. The highest BCUT2D eigenvalue weighted by molar-refractivity contribution is 5.99. The number of fused-ring (bicyclic) bond motifs is 4. The zero-order valence-electron chi connectivity index (χ0n) is 28.3. The summed E-state index contributed by atoms with van der Waals surface area (Å²) >= 11 is 0. The smallest absolute Gasteiger partial charge is 0.316 e. The highest BCUT2D eigenvalue weighted by atomic mass is 16.5. The summed E-state index contributed by atoms with van der Waals surface area (Å²) in [5.41, 5.74) is 3.36. The van der Waals surface area contributed by atoms with Gasteiger partial charge in [0.2, 0.25) is 0 Å². The van der Waals surface area contributed by atoms with Gasteiger partial charge in [0.15, 0.2) is 6.10 Å². The van der Waals surface area contributed by atoms with Gasteiger partial charge in [0.25, 0.3) is 0 Å². The molecule has 47 heavy (non-hydrogen) atoms. The first-order chi connectivity index (χ1) is 22.4. The first-order valence-corrected chi connectivity index (χ1v) is 16.6. The van der Waals surface area contributed by atoms with E-state index in [9.17, 15) is 9.59 Å². The fourth-order valence-electron chi connectivity index (χ4n) is 5.89. The zero-order chi connectivity index (χ0) is 33.3. The monoisotopic (exact) mass is 639 g/mol. The molecule has 0 amide bonds. The van der Waals surface area contributed by atoms with Crippen molar-refractivity contribution >= 4 is 23.1 Å². The Bertz CT molecular complexity index is 1670.